The summed E-state index contributed by atoms with van der Waals surface area (Å²) in [5.74, 6) is -0.773. The summed E-state index contributed by atoms with van der Waals surface area (Å²) in [6.07, 6.45) is 2.76. The zero-order chi connectivity index (χ0) is 12.6. The molecule has 1 fully saturated rings. The summed E-state index contributed by atoms with van der Waals surface area (Å²) >= 11 is 6.10. The van der Waals surface area contributed by atoms with Gasteiger partial charge in [-0.05, 0) is 43.2 Å². The Balaban J connectivity index is 2.19. The fourth-order valence-electron chi connectivity index (χ4n) is 2.09. The minimum atomic E-state index is -0.773. The lowest BCUT2D eigenvalue weighted by Crippen LogP contribution is -2.15. The normalized spacial score (nSPS) is 18.8. The van der Waals surface area contributed by atoms with E-state index in [1.54, 1.807) is 6.07 Å². The molecule has 3 nitrogen and oxygen atoms in total. The molecule has 1 atom stereocenters. The van der Waals surface area contributed by atoms with Crippen molar-refractivity contribution < 1.29 is 9.31 Å². The van der Waals surface area contributed by atoms with Crippen LogP contribution in [0.4, 0.5) is 10.1 Å². The monoisotopic (exact) mass is 257 g/mol. The second kappa shape index (κ2) is 4.26. The molecule has 1 aromatic rings. The highest BCUT2D eigenvalue weighted by atomic mass is 35.5. The lowest BCUT2D eigenvalue weighted by Gasteiger charge is -2.17. The molecule has 0 saturated heterocycles. The first-order chi connectivity index (χ1) is 7.94. The van der Waals surface area contributed by atoms with Crippen LogP contribution in [0.5, 0.6) is 0 Å². The summed E-state index contributed by atoms with van der Waals surface area (Å²) in [6, 6.07) is 4.08. The van der Waals surface area contributed by atoms with Crippen LogP contribution in [0.15, 0.2) is 18.2 Å². The number of hydrogen-bond acceptors (Lipinski definition) is 2. The highest BCUT2D eigenvalue weighted by Crippen LogP contribution is 2.53. The molecule has 17 heavy (non-hydrogen) atoms. The summed E-state index contributed by atoms with van der Waals surface area (Å²) in [6.45, 7) is 1.94. The van der Waals surface area contributed by atoms with Crippen LogP contribution in [0.25, 0.3) is 0 Å². The highest BCUT2D eigenvalue weighted by molar-refractivity contribution is 6.21. The number of nitrogens with zero attached hydrogens (tertiary/aromatic N) is 1. The number of benzene rings is 1. The van der Waals surface area contributed by atoms with Crippen molar-refractivity contribution in [2.75, 3.05) is 0 Å². The van der Waals surface area contributed by atoms with Crippen molar-refractivity contribution >= 4 is 17.3 Å². The van der Waals surface area contributed by atoms with Gasteiger partial charge >= 0.3 is 5.69 Å². The Morgan fingerprint density at radius 2 is 2.24 bits per heavy atom. The quantitative estimate of drug-likeness (QED) is 0.469. The Bertz CT molecular complexity index is 458. The molecule has 0 bridgehead atoms. The van der Waals surface area contributed by atoms with Gasteiger partial charge in [0.1, 0.15) is 0 Å². The van der Waals surface area contributed by atoms with E-state index in [0.717, 1.165) is 18.4 Å². The molecule has 0 spiro atoms. The highest BCUT2D eigenvalue weighted by Gasteiger charge is 2.46. The van der Waals surface area contributed by atoms with Gasteiger partial charge in [0.15, 0.2) is 0 Å². The standard InChI is InChI=1S/C12H13ClFNO2/c1-8(13)12(4-5-12)7-9-2-3-11(15(16)17)10(14)6-9/h2-3,6,8H,4-5,7H2,1H3. The minimum Gasteiger partial charge on any atom is -0.258 e. The van der Waals surface area contributed by atoms with Crippen LogP contribution in [-0.4, -0.2) is 10.3 Å². The van der Waals surface area contributed by atoms with Crippen molar-refractivity contribution in [3.05, 3.63) is 39.7 Å². The lowest BCUT2D eigenvalue weighted by atomic mass is 9.93. The number of alkyl halides is 1. The number of nitro benzene ring substituents is 1. The van der Waals surface area contributed by atoms with E-state index in [2.05, 4.69) is 0 Å². The average molecular weight is 258 g/mol. The zero-order valence-electron chi connectivity index (χ0n) is 9.45. The molecule has 1 aliphatic carbocycles. The van der Waals surface area contributed by atoms with Crippen molar-refractivity contribution in [3.63, 3.8) is 0 Å². The predicted octanol–water partition coefficient (Wildman–Crippen LogP) is 3.68. The van der Waals surface area contributed by atoms with Crippen LogP contribution in [0.2, 0.25) is 0 Å². The molecule has 1 aromatic carbocycles. The Morgan fingerprint density at radius 3 is 2.65 bits per heavy atom. The van der Waals surface area contributed by atoms with E-state index in [9.17, 15) is 14.5 Å². The van der Waals surface area contributed by atoms with Gasteiger partial charge in [0.05, 0.1) is 4.92 Å². The molecule has 92 valence electrons. The fraction of sp³-hybridized carbons (Fsp3) is 0.500. The van der Waals surface area contributed by atoms with E-state index in [1.807, 2.05) is 6.92 Å². The second-order valence-electron chi connectivity index (χ2n) is 4.70. The van der Waals surface area contributed by atoms with Crippen molar-refractivity contribution in [2.45, 2.75) is 31.6 Å². The first-order valence-electron chi connectivity index (χ1n) is 5.51. The molecule has 0 aromatic heterocycles. The van der Waals surface area contributed by atoms with Gasteiger partial charge in [-0.1, -0.05) is 6.07 Å². The van der Waals surface area contributed by atoms with Gasteiger partial charge in [0, 0.05) is 11.4 Å². The molecule has 2 rings (SSSR count). The molecule has 1 saturated carbocycles. The van der Waals surface area contributed by atoms with Crippen molar-refractivity contribution in [3.8, 4) is 0 Å². The Kier molecular flexibility index (Phi) is 3.08. The minimum absolute atomic E-state index is 0.0424. The zero-order valence-corrected chi connectivity index (χ0v) is 10.2. The van der Waals surface area contributed by atoms with Crippen LogP contribution >= 0.6 is 11.6 Å². The number of rotatable bonds is 4. The molecular formula is C12H13ClFNO2. The fourth-order valence-corrected chi connectivity index (χ4v) is 2.39. The third-order valence-electron chi connectivity index (χ3n) is 3.50. The predicted molar refractivity (Wildman–Crippen MR) is 63.7 cm³/mol. The maximum atomic E-state index is 13.4. The van der Waals surface area contributed by atoms with E-state index in [1.165, 1.54) is 12.1 Å². The molecule has 0 aliphatic heterocycles. The summed E-state index contributed by atoms with van der Waals surface area (Å²) < 4.78 is 13.4. The maximum absolute atomic E-state index is 13.4. The Morgan fingerprint density at radius 1 is 1.59 bits per heavy atom. The van der Waals surface area contributed by atoms with E-state index < -0.39 is 16.4 Å². The molecule has 1 unspecified atom stereocenters. The van der Waals surface area contributed by atoms with Crippen LogP contribution in [0.3, 0.4) is 0 Å². The van der Waals surface area contributed by atoms with Gasteiger partial charge in [-0.25, -0.2) is 0 Å². The summed E-state index contributed by atoms with van der Waals surface area (Å²) in [5, 5.41) is 10.5. The van der Waals surface area contributed by atoms with Gasteiger partial charge in [0.2, 0.25) is 5.82 Å². The van der Waals surface area contributed by atoms with E-state index in [0.29, 0.717) is 6.42 Å². The van der Waals surface area contributed by atoms with Crippen LogP contribution in [0, 0.1) is 21.3 Å². The van der Waals surface area contributed by atoms with Crippen LogP contribution in [-0.2, 0) is 6.42 Å². The first kappa shape index (κ1) is 12.3. The van der Waals surface area contributed by atoms with Gasteiger partial charge in [-0.15, -0.1) is 11.6 Å². The Hall–Kier alpha value is -1.16. The first-order valence-corrected chi connectivity index (χ1v) is 5.95. The topological polar surface area (TPSA) is 43.1 Å². The van der Waals surface area contributed by atoms with E-state index >= 15 is 0 Å². The van der Waals surface area contributed by atoms with E-state index in [4.69, 9.17) is 11.6 Å². The molecule has 0 amide bonds. The van der Waals surface area contributed by atoms with Gasteiger partial charge in [0.25, 0.3) is 0 Å². The summed E-state index contributed by atoms with van der Waals surface area (Å²) in [7, 11) is 0. The third-order valence-corrected chi connectivity index (χ3v) is 3.96. The molecular weight excluding hydrogens is 245 g/mol. The molecule has 0 heterocycles. The summed E-state index contributed by atoms with van der Waals surface area (Å²) in [4.78, 5) is 9.77. The lowest BCUT2D eigenvalue weighted by molar-refractivity contribution is -0.387. The van der Waals surface area contributed by atoms with Crippen LogP contribution < -0.4 is 0 Å². The van der Waals surface area contributed by atoms with Crippen molar-refractivity contribution in [1.29, 1.82) is 0 Å². The average Bonchev–Trinajstić information content (AvgIpc) is 2.98. The van der Waals surface area contributed by atoms with Gasteiger partial charge in [-0.3, -0.25) is 10.1 Å². The number of halogens is 2. The summed E-state index contributed by atoms with van der Waals surface area (Å²) in [5.41, 5.74) is 0.361. The number of nitro groups is 1. The SMILES string of the molecule is CC(Cl)C1(Cc2ccc([N+](=O)[O-])c(F)c2)CC1. The smallest absolute Gasteiger partial charge is 0.258 e. The largest absolute Gasteiger partial charge is 0.304 e. The molecule has 0 N–H and O–H groups in total. The van der Waals surface area contributed by atoms with E-state index in [-0.39, 0.29) is 10.8 Å². The third kappa shape index (κ3) is 2.41. The maximum Gasteiger partial charge on any atom is 0.304 e. The van der Waals surface area contributed by atoms with Crippen molar-refractivity contribution in [1.82, 2.24) is 0 Å². The molecule has 0 radical (unpaired) electrons. The van der Waals surface area contributed by atoms with Gasteiger partial charge in [-0.2, -0.15) is 4.39 Å². The second-order valence-corrected chi connectivity index (χ2v) is 5.35. The molecule has 1 aliphatic rings. The van der Waals surface area contributed by atoms with Crippen LogP contribution in [0.1, 0.15) is 25.3 Å². The Labute approximate surface area is 104 Å². The molecule has 5 heteroatoms. The van der Waals surface area contributed by atoms with Gasteiger partial charge < -0.3 is 0 Å². The van der Waals surface area contributed by atoms with Crippen molar-refractivity contribution in [2.24, 2.45) is 5.41 Å². The number of hydrogen-bond donors (Lipinski definition) is 0.